The lowest BCUT2D eigenvalue weighted by Gasteiger charge is -2.26. The van der Waals surface area contributed by atoms with Crippen molar-refractivity contribution in [2.75, 3.05) is 0 Å². The molecule has 140 valence electrons. The van der Waals surface area contributed by atoms with E-state index in [1.165, 1.54) is 12.3 Å². The third-order valence-corrected chi connectivity index (χ3v) is 4.74. The van der Waals surface area contributed by atoms with E-state index in [0.717, 1.165) is 0 Å². The first kappa shape index (κ1) is 19.1. The fourth-order valence-corrected chi connectivity index (χ4v) is 3.29. The van der Waals surface area contributed by atoms with Crippen LogP contribution in [0, 0.1) is 5.82 Å². The Balaban J connectivity index is 2.22. The molecule has 0 aliphatic carbocycles. The summed E-state index contributed by atoms with van der Waals surface area (Å²) in [7, 11) is 0. The van der Waals surface area contributed by atoms with E-state index in [1.807, 2.05) is 26.8 Å². The van der Waals surface area contributed by atoms with Crippen molar-refractivity contribution in [1.82, 2.24) is 4.57 Å². The second kappa shape index (κ2) is 6.82. The highest BCUT2D eigenvalue weighted by Crippen LogP contribution is 2.25. The van der Waals surface area contributed by atoms with Crippen LogP contribution in [0.1, 0.15) is 42.3 Å². The first-order valence-electron chi connectivity index (χ1n) is 8.44. The molecule has 1 N–H and O–H groups in total. The maximum Gasteiger partial charge on any atom is 0.341 e. The number of carbonyl (C=O) groups is 1. The monoisotopic (exact) mass is 387 g/mol. The van der Waals surface area contributed by atoms with Crippen LogP contribution in [0.25, 0.3) is 10.9 Å². The molecule has 6 heteroatoms. The standard InChI is InChI=1S/C21H19ClFNO3/c1-21(2,3)24-11-15(20(26)27)19(25)14-10-12(7-8-17(14)24)9-13-5-4-6-16(22)18(13)23/h4-8,10-11H,9H2,1-3H3,(H,26,27). The molecule has 0 unspecified atom stereocenters. The van der Waals surface area contributed by atoms with Crippen LogP contribution in [0.2, 0.25) is 5.02 Å². The lowest BCUT2D eigenvalue weighted by molar-refractivity contribution is 0.0694. The van der Waals surface area contributed by atoms with Gasteiger partial charge in [0.15, 0.2) is 0 Å². The Hall–Kier alpha value is -2.66. The Bertz CT molecular complexity index is 1110. The van der Waals surface area contributed by atoms with E-state index in [1.54, 1.807) is 28.8 Å². The van der Waals surface area contributed by atoms with Gasteiger partial charge in [0.2, 0.25) is 5.43 Å². The molecule has 0 radical (unpaired) electrons. The third kappa shape index (κ3) is 3.60. The molecule has 4 nitrogen and oxygen atoms in total. The van der Waals surface area contributed by atoms with Crippen molar-refractivity contribution in [3.05, 3.63) is 80.3 Å². The number of aromatic carboxylic acids is 1. The Kier molecular flexibility index (Phi) is 4.82. The summed E-state index contributed by atoms with van der Waals surface area (Å²) in [5.41, 5.74) is 0.482. The number of benzene rings is 2. The molecule has 1 heterocycles. The zero-order valence-electron chi connectivity index (χ0n) is 15.2. The zero-order valence-corrected chi connectivity index (χ0v) is 16.0. The average Bonchev–Trinajstić information content (AvgIpc) is 2.58. The number of halogens is 2. The zero-order chi connectivity index (χ0) is 19.9. The van der Waals surface area contributed by atoms with E-state index in [4.69, 9.17) is 11.6 Å². The number of hydrogen-bond donors (Lipinski definition) is 1. The number of aromatic nitrogens is 1. The topological polar surface area (TPSA) is 59.3 Å². The van der Waals surface area contributed by atoms with Gasteiger partial charge in [-0.3, -0.25) is 4.79 Å². The van der Waals surface area contributed by atoms with Crippen LogP contribution in [0.3, 0.4) is 0 Å². The first-order valence-corrected chi connectivity index (χ1v) is 8.82. The highest BCUT2D eigenvalue weighted by Gasteiger charge is 2.21. The van der Waals surface area contributed by atoms with E-state index in [9.17, 15) is 19.1 Å². The minimum Gasteiger partial charge on any atom is -0.477 e. The summed E-state index contributed by atoms with van der Waals surface area (Å²) in [6.45, 7) is 5.79. The van der Waals surface area contributed by atoms with Crippen LogP contribution in [-0.2, 0) is 12.0 Å². The maximum atomic E-state index is 14.2. The molecular formula is C21H19ClFNO3. The van der Waals surface area contributed by atoms with Crippen molar-refractivity contribution < 1.29 is 14.3 Å². The SMILES string of the molecule is CC(C)(C)n1cc(C(=O)O)c(=O)c2cc(Cc3cccc(Cl)c3F)ccc21. The lowest BCUT2D eigenvalue weighted by Crippen LogP contribution is -2.27. The quantitative estimate of drug-likeness (QED) is 0.699. The van der Waals surface area contributed by atoms with Crippen molar-refractivity contribution in [3.63, 3.8) is 0 Å². The van der Waals surface area contributed by atoms with Gasteiger partial charge in [-0.15, -0.1) is 0 Å². The summed E-state index contributed by atoms with van der Waals surface area (Å²) in [6.07, 6.45) is 1.62. The second-order valence-corrected chi connectivity index (χ2v) is 7.87. The van der Waals surface area contributed by atoms with Gasteiger partial charge in [-0.25, -0.2) is 9.18 Å². The molecule has 0 spiro atoms. The Morgan fingerprint density at radius 2 is 1.93 bits per heavy atom. The number of fused-ring (bicyclic) bond motifs is 1. The van der Waals surface area contributed by atoms with E-state index in [2.05, 4.69) is 0 Å². The molecule has 0 atom stereocenters. The van der Waals surface area contributed by atoms with E-state index >= 15 is 0 Å². The minimum absolute atomic E-state index is 0.0385. The second-order valence-electron chi connectivity index (χ2n) is 7.46. The lowest BCUT2D eigenvalue weighted by atomic mass is 9.99. The van der Waals surface area contributed by atoms with Crippen molar-refractivity contribution in [2.24, 2.45) is 0 Å². The fourth-order valence-electron chi connectivity index (χ4n) is 3.10. The largest absolute Gasteiger partial charge is 0.477 e. The van der Waals surface area contributed by atoms with Crippen LogP contribution in [0.4, 0.5) is 4.39 Å². The normalized spacial score (nSPS) is 11.7. The van der Waals surface area contributed by atoms with E-state index in [-0.39, 0.29) is 17.0 Å². The molecule has 0 fully saturated rings. The van der Waals surface area contributed by atoms with Crippen molar-refractivity contribution in [3.8, 4) is 0 Å². The van der Waals surface area contributed by atoms with Gasteiger partial charge in [-0.2, -0.15) is 0 Å². The summed E-state index contributed by atoms with van der Waals surface area (Å²) >= 11 is 5.83. The molecule has 2 aromatic carbocycles. The van der Waals surface area contributed by atoms with Crippen molar-refractivity contribution in [2.45, 2.75) is 32.7 Å². The number of carboxylic acids is 1. The average molecular weight is 388 g/mol. The number of pyridine rings is 1. The van der Waals surface area contributed by atoms with Gasteiger partial charge in [-0.05, 0) is 50.1 Å². The molecule has 3 rings (SSSR count). The number of hydrogen-bond acceptors (Lipinski definition) is 2. The molecule has 0 bridgehead atoms. The number of rotatable bonds is 3. The highest BCUT2D eigenvalue weighted by atomic mass is 35.5. The van der Waals surface area contributed by atoms with Gasteiger partial charge in [0.25, 0.3) is 0 Å². The van der Waals surface area contributed by atoms with Gasteiger partial charge in [0.05, 0.1) is 10.5 Å². The number of nitrogens with zero attached hydrogens (tertiary/aromatic N) is 1. The van der Waals surface area contributed by atoms with Gasteiger partial charge >= 0.3 is 5.97 Å². The van der Waals surface area contributed by atoms with Gasteiger partial charge < -0.3 is 9.67 Å². The van der Waals surface area contributed by atoms with Crippen LogP contribution in [0.15, 0.2) is 47.4 Å². The molecule has 1 aromatic heterocycles. The van der Waals surface area contributed by atoms with Crippen molar-refractivity contribution in [1.29, 1.82) is 0 Å². The van der Waals surface area contributed by atoms with Gasteiger partial charge in [0.1, 0.15) is 11.4 Å². The molecule has 3 aromatic rings. The Morgan fingerprint density at radius 3 is 2.56 bits per heavy atom. The highest BCUT2D eigenvalue weighted by molar-refractivity contribution is 6.30. The summed E-state index contributed by atoms with van der Waals surface area (Å²) in [5.74, 6) is -1.77. The predicted octanol–water partition coefficient (Wildman–Crippen LogP) is 4.84. The summed E-state index contributed by atoms with van der Waals surface area (Å²) in [6, 6.07) is 9.98. The van der Waals surface area contributed by atoms with Crippen LogP contribution in [-0.4, -0.2) is 15.6 Å². The molecule has 0 amide bonds. The Labute approximate surface area is 160 Å². The maximum absolute atomic E-state index is 14.2. The van der Waals surface area contributed by atoms with E-state index in [0.29, 0.717) is 22.0 Å². The van der Waals surface area contributed by atoms with Gasteiger partial charge in [0, 0.05) is 23.5 Å². The summed E-state index contributed by atoms with van der Waals surface area (Å²) in [4.78, 5) is 24.2. The van der Waals surface area contributed by atoms with Crippen molar-refractivity contribution >= 4 is 28.5 Å². The molecule has 0 aliphatic heterocycles. The van der Waals surface area contributed by atoms with Crippen LogP contribution in [0.5, 0.6) is 0 Å². The first-order chi connectivity index (χ1) is 12.6. The predicted molar refractivity (Wildman–Crippen MR) is 104 cm³/mol. The summed E-state index contributed by atoms with van der Waals surface area (Å²) < 4.78 is 16.0. The molecule has 0 saturated heterocycles. The molecule has 27 heavy (non-hydrogen) atoms. The number of carboxylic acid groups (broad SMARTS) is 1. The summed E-state index contributed by atoms with van der Waals surface area (Å²) in [5, 5.41) is 9.74. The van der Waals surface area contributed by atoms with Crippen LogP contribution >= 0.6 is 11.6 Å². The van der Waals surface area contributed by atoms with Gasteiger partial charge in [-0.1, -0.05) is 29.8 Å². The van der Waals surface area contributed by atoms with Crippen LogP contribution < -0.4 is 5.43 Å². The Morgan fingerprint density at radius 1 is 1.22 bits per heavy atom. The minimum atomic E-state index is -1.27. The molecular weight excluding hydrogens is 369 g/mol. The molecule has 0 aliphatic rings. The molecule has 0 saturated carbocycles. The third-order valence-electron chi connectivity index (χ3n) is 4.45. The fraction of sp³-hybridized carbons (Fsp3) is 0.238. The smallest absolute Gasteiger partial charge is 0.341 e. The van der Waals surface area contributed by atoms with E-state index < -0.39 is 22.8 Å².